The Labute approximate surface area is 166 Å². The highest BCUT2D eigenvalue weighted by molar-refractivity contribution is 5.80. The number of benzene rings is 1. The number of likely N-dealkylation sites (tertiary alicyclic amines) is 1. The number of halogens is 1. The molecular weight excluding hydrogens is 377 g/mol. The molecule has 0 spiro atoms. The second-order valence-corrected chi connectivity index (χ2v) is 7.79. The van der Waals surface area contributed by atoms with Crippen LogP contribution in [0.4, 0.5) is 10.1 Å². The topological polar surface area (TPSA) is 93.4 Å². The molecule has 2 atom stereocenters. The number of hydrogen-bond donors (Lipinski definition) is 0. The number of aromatic nitrogens is 1. The van der Waals surface area contributed by atoms with Gasteiger partial charge in [-0.15, -0.1) is 0 Å². The van der Waals surface area contributed by atoms with Gasteiger partial charge in [0.25, 0.3) is 5.69 Å². The Bertz CT molecular complexity index is 949. The lowest BCUT2D eigenvalue weighted by molar-refractivity contribution is -0.385. The highest BCUT2D eigenvalue weighted by Gasteiger charge is 2.42. The number of pyridine rings is 1. The molecular formula is C21H20FN3O4. The quantitative estimate of drug-likeness (QED) is 0.439. The standard InChI is InChI=1S/C21H20FN3O4/c22-17-3-1-14(2-4-17)18-5-6-20(25(28)29)19(23-18)9-21(27)24-10-15-7-13(12-26)8-16(15)11-24/h1-6,12-13,15-16H,7-11H2. The molecule has 2 heterocycles. The monoisotopic (exact) mass is 397 g/mol. The van der Waals surface area contributed by atoms with Crippen LogP contribution in [0.1, 0.15) is 18.5 Å². The minimum Gasteiger partial charge on any atom is -0.342 e. The average molecular weight is 397 g/mol. The molecule has 7 nitrogen and oxygen atoms in total. The number of fused-ring (bicyclic) bond motifs is 1. The maximum absolute atomic E-state index is 13.2. The van der Waals surface area contributed by atoms with E-state index in [0.29, 0.717) is 36.2 Å². The number of nitro groups is 1. The molecule has 1 aliphatic heterocycles. The van der Waals surface area contributed by atoms with E-state index in [4.69, 9.17) is 0 Å². The SMILES string of the molecule is O=CC1CC2CN(C(=O)Cc3nc(-c4ccc(F)cc4)ccc3[N+](=O)[O-])CC2C1. The summed E-state index contributed by atoms with van der Waals surface area (Å²) in [6.45, 7) is 1.17. The zero-order chi connectivity index (χ0) is 20.5. The number of rotatable bonds is 5. The predicted molar refractivity (Wildman–Crippen MR) is 102 cm³/mol. The van der Waals surface area contributed by atoms with E-state index in [1.807, 2.05) is 0 Å². The van der Waals surface area contributed by atoms with Crippen molar-refractivity contribution in [2.75, 3.05) is 13.1 Å². The van der Waals surface area contributed by atoms with Crippen molar-refractivity contribution in [1.82, 2.24) is 9.88 Å². The summed E-state index contributed by atoms with van der Waals surface area (Å²) < 4.78 is 13.2. The fraction of sp³-hybridized carbons (Fsp3) is 0.381. The zero-order valence-electron chi connectivity index (χ0n) is 15.7. The van der Waals surface area contributed by atoms with Crippen LogP contribution in [0.3, 0.4) is 0 Å². The lowest BCUT2D eigenvalue weighted by Crippen LogP contribution is -2.31. The number of nitrogens with zero attached hydrogens (tertiary/aromatic N) is 3. The molecule has 150 valence electrons. The third-order valence-corrected chi connectivity index (χ3v) is 5.94. The van der Waals surface area contributed by atoms with Gasteiger partial charge in [-0.3, -0.25) is 14.9 Å². The summed E-state index contributed by atoms with van der Waals surface area (Å²) in [7, 11) is 0. The number of carbonyl (C=O) groups is 2. The summed E-state index contributed by atoms with van der Waals surface area (Å²) >= 11 is 0. The van der Waals surface area contributed by atoms with Crippen LogP contribution in [-0.4, -0.2) is 40.1 Å². The van der Waals surface area contributed by atoms with Crippen LogP contribution in [0.2, 0.25) is 0 Å². The number of carbonyl (C=O) groups excluding carboxylic acids is 2. The maximum Gasteiger partial charge on any atom is 0.291 e. The van der Waals surface area contributed by atoms with Gasteiger partial charge < -0.3 is 9.69 Å². The van der Waals surface area contributed by atoms with E-state index in [9.17, 15) is 24.1 Å². The van der Waals surface area contributed by atoms with Gasteiger partial charge in [0.1, 0.15) is 17.8 Å². The molecule has 0 radical (unpaired) electrons. The van der Waals surface area contributed by atoms with Crippen molar-refractivity contribution in [1.29, 1.82) is 0 Å². The first-order chi connectivity index (χ1) is 13.9. The van der Waals surface area contributed by atoms with E-state index < -0.39 is 4.92 Å². The van der Waals surface area contributed by atoms with Gasteiger partial charge in [-0.2, -0.15) is 0 Å². The van der Waals surface area contributed by atoms with Crippen LogP contribution < -0.4 is 0 Å². The van der Waals surface area contributed by atoms with Crippen LogP contribution in [-0.2, 0) is 16.0 Å². The first-order valence-electron chi connectivity index (χ1n) is 9.58. The van der Waals surface area contributed by atoms with Gasteiger partial charge in [-0.25, -0.2) is 9.37 Å². The van der Waals surface area contributed by atoms with Crippen molar-refractivity contribution in [2.24, 2.45) is 17.8 Å². The van der Waals surface area contributed by atoms with Gasteiger partial charge in [-0.1, -0.05) is 0 Å². The van der Waals surface area contributed by atoms with Gasteiger partial charge in [0.2, 0.25) is 5.91 Å². The molecule has 1 aromatic heterocycles. The summed E-state index contributed by atoms with van der Waals surface area (Å²) in [5, 5.41) is 11.4. The highest BCUT2D eigenvalue weighted by Crippen LogP contribution is 2.40. The molecule has 4 rings (SSSR count). The van der Waals surface area contributed by atoms with Crippen LogP contribution in [0.25, 0.3) is 11.3 Å². The maximum atomic E-state index is 13.2. The summed E-state index contributed by atoms with van der Waals surface area (Å²) in [4.78, 5) is 40.7. The smallest absolute Gasteiger partial charge is 0.291 e. The largest absolute Gasteiger partial charge is 0.342 e. The Morgan fingerprint density at radius 1 is 1.17 bits per heavy atom. The van der Waals surface area contributed by atoms with E-state index in [2.05, 4.69) is 4.98 Å². The molecule has 2 aromatic rings. The summed E-state index contributed by atoms with van der Waals surface area (Å²) in [6, 6.07) is 8.50. The van der Waals surface area contributed by atoms with E-state index in [1.54, 1.807) is 17.0 Å². The first-order valence-corrected chi connectivity index (χ1v) is 9.58. The first kappa shape index (κ1) is 19.2. The number of amides is 1. The molecule has 2 unspecified atom stereocenters. The van der Waals surface area contributed by atoms with E-state index in [-0.39, 0.29) is 35.4 Å². The van der Waals surface area contributed by atoms with E-state index in [0.717, 1.165) is 19.1 Å². The van der Waals surface area contributed by atoms with Crippen molar-refractivity contribution < 1.29 is 18.9 Å². The summed E-state index contributed by atoms with van der Waals surface area (Å²) in [5.41, 5.74) is 0.963. The number of aldehydes is 1. The molecule has 1 aliphatic carbocycles. The van der Waals surface area contributed by atoms with Crippen molar-refractivity contribution in [3.05, 3.63) is 58.0 Å². The predicted octanol–water partition coefficient (Wildman–Crippen LogP) is 3.02. The Morgan fingerprint density at radius 2 is 1.83 bits per heavy atom. The molecule has 1 aromatic carbocycles. The van der Waals surface area contributed by atoms with Gasteiger partial charge in [0.15, 0.2) is 0 Å². The third kappa shape index (κ3) is 3.87. The molecule has 29 heavy (non-hydrogen) atoms. The van der Waals surface area contributed by atoms with Crippen molar-refractivity contribution in [3.63, 3.8) is 0 Å². The minimum atomic E-state index is -0.544. The summed E-state index contributed by atoms with van der Waals surface area (Å²) in [5.74, 6) is 0.138. The fourth-order valence-corrected chi connectivity index (χ4v) is 4.49. The van der Waals surface area contributed by atoms with Crippen LogP contribution in [0.5, 0.6) is 0 Å². The Hall–Kier alpha value is -3.16. The van der Waals surface area contributed by atoms with Crippen molar-refractivity contribution >= 4 is 17.9 Å². The highest BCUT2D eigenvalue weighted by atomic mass is 19.1. The molecule has 0 bridgehead atoms. The fourth-order valence-electron chi connectivity index (χ4n) is 4.49. The molecule has 2 aliphatic rings. The molecule has 8 heteroatoms. The molecule has 1 saturated heterocycles. The molecule has 0 N–H and O–H groups in total. The Balaban J connectivity index is 1.53. The zero-order valence-corrected chi connectivity index (χ0v) is 15.7. The molecule has 1 amide bonds. The van der Waals surface area contributed by atoms with Gasteiger partial charge >= 0.3 is 0 Å². The normalized spacial score (nSPS) is 23.1. The minimum absolute atomic E-state index is 0.0809. The summed E-state index contributed by atoms with van der Waals surface area (Å²) in [6.07, 6.45) is 2.44. The second-order valence-electron chi connectivity index (χ2n) is 7.79. The lowest BCUT2D eigenvalue weighted by Gasteiger charge is -2.18. The third-order valence-electron chi connectivity index (χ3n) is 5.94. The Morgan fingerprint density at radius 3 is 2.41 bits per heavy atom. The Kier molecular flexibility index (Phi) is 5.08. The second kappa shape index (κ2) is 7.69. The lowest BCUT2D eigenvalue weighted by atomic mass is 10.0. The number of hydrogen-bond acceptors (Lipinski definition) is 5. The van der Waals surface area contributed by atoms with E-state index >= 15 is 0 Å². The van der Waals surface area contributed by atoms with Gasteiger partial charge in [0.05, 0.1) is 17.0 Å². The van der Waals surface area contributed by atoms with Crippen LogP contribution >= 0.6 is 0 Å². The average Bonchev–Trinajstić information content (AvgIpc) is 3.27. The van der Waals surface area contributed by atoms with Gasteiger partial charge in [-0.05, 0) is 55.0 Å². The van der Waals surface area contributed by atoms with Crippen LogP contribution in [0.15, 0.2) is 36.4 Å². The van der Waals surface area contributed by atoms with E-state index in [1.165, 1.54) is 24.3 Å². The molecule has 2 fully saturated rings. The van der Waals surface area contributed by atoms with Crippen molar-refractivity contribution in [2.45, 2.75) is 19.3 Å². The van der Waals surface area contributed by atoms with Crippen molar-refractivity contribution in [3.8, 4) is 11.3 Å². The molecule has 1 saturated carbocycles. The van der Waals surface area contributed by atoms with Crippen LogP contribution in [0, 0.1) is 33.7 Å². The van der Waals surface area contributed by atoms with Gasteiger partial charge in [0, 0.05) is 30.6 Å².